The van der Waals surface area contributed by atoms with E-state index in [1.165, 1.54) is 0 Å². The number of hydrogen-bond acceptors (Lipinski definition) is 5. The molecule has 8 heteroatoms. The zero-order chi connectivity index (χ0) is 25.4. The summed E-state index contributed by atoms with van der Waals surface area (Å²) in [5.41, 5.74) is 3.13. The van der Waals surface area contributed by atoms with Crippen molar-refractivity contribution >= 4 is 50.6 Å². The third-order valence-corrected chi connectivity index (χ3v) is 7.59. The molecule has 5 rings (SSSR count). The van der Waals surface area contributed by atoms with Gasteiger partial charge in [-0.1, -0.05) is 60.4 Å². The van der Waals surface area contributed by atoms with Gasteiger partial charge in [0.1, 0.15) is 23.8 Å². The Morgan fingerprint density at radius 2 is 1.81 bits per heavy atom. The standard InChI is InChI=1S/C28H21Cl2NO4S/c1-15(2)27-20(26(31-35-27)25-21(29)7-4-8-22(25)30)14-34-19-10-9-17-12-23(36-24(17)13-19)16-5-3-6-18(11-16)28(32)33/h3-13,15H,14H2,1-2H3,(H,32,33). The number of aromatic carboxylic acids is 1. The highest BCUT2D eigenvalue weighted by atomic mass is 35.5. The van der Waals surface area contributed by atoms with E-state index < -0.39 is 5.97 Å². The Labute approximate surface area is 221 Å². The number of aromatic nitrogens is 1. The first-order valence-corrected chi connectivity index (χ1v) is 12.8. The van der Waals surface area contributed by atoms with Crippen LogP contribution in [0.15, 0.2) is 71.3 Å². The smallest absolute Gasteiger partial charge is 0.335 e. The van der Waals surface area contributed by atoms with Crippen molar-refractivity contribution in [2.45, 2.75) is 26.4 Å². The van der Waals surface area contributed by atoms with Crippen molar-refractivity contribution in [1.29, 1.82) is 0 Å². The van der Waals surface area contributed by atoms with Crippen LogP contribution in [0.5, 0.6) is 5.75 Å². The molecule has 0 fully saturated rings. The number of hydrogen-bond donors (Lipinski definition) is 1. The van der Waals surface area contributed by atoms with E-state index in [2.05, 4.69) is 11.2 Å². The van der Waals surface area contributed by atoms with Crippen LogP contribution in [-0.4, -0.2) is 16.2 Å². The van der Waals surface area contributed by atoms with Crippen molar-refractivity contribution in [2.75, 3.05) is 0 Å². The molecule has 0 bridgehead atoms. The lowest BCUT2D eigenvalue weighted by atomic mass is 10.0. The van der Waals surface area contributed by atoms with E-state index >= 15 is 0 Å². The summed E-state index contributed by atoms with van der Waals surface area (Å²) >= 11 is 14.5. The molecule has 3 aromatic carbocycles. The molecule has 1 N–H and O–H groups in total. The second kappa shape index (κ2) is 9.97. The molecule has 0 atom stereocenters. The SMILES string of the molecule is CC(C)c1onc(-c2c(Cl)cccc2Cl)c1COc1ccc2cc(-c3cccc(C(=O)O)c3)sc2c1. The van der Waals surface area contributed by atoms with E-state index in [4.69, 9.17) is 32.5 Å². The van der Waals surface area contributed by atoms with Crippen LogP contribution in [-0.2, 0) is 6.61 Å². The molecule has 0 unspecified atom stereocenters. The van der Waals surface area contributed by atoms with Gasteiger partial charge in [0.2, 0.25) is 0 Å². The van der Waals surface area contributed by atoms with Crippen molar-refractivity contribution in [3.05, 3.63) is 93.7 Å². The summed E-state index contributed by atoms with van der Waals surface area (Å²) in [6, 6.07) is 20.2. The number of halogens is 2. The quantitative estimate of drug-likeness (QED) is 0.224. The summed E-state index contributed by atoms with van der Waals surface area (Å²) in [5, 5.41) is 15.6. The maximum Gasteiger partial charge on any atom is 0.335 e. The average molecular weight is 538 g/mol. The zero-order valence-corrected chi connectivity index (χ0v) is 21.7. The first-order valence-electron chi connectivity index (χ1n) is 11.2. The minimum Gasteiger partial charge on any atom is -0.489 e. The molecular weight excluding hydrogens is 517 g/mol. The molecule has 0 amide bonds. The van der Waals surface area contributed by atoms with Gasteiger partial charge in [0, 0.05) is 21.1 Å². The average Bonchev–Trinajstić information content (AvgIpc) is 3.47. The van der Waals surface area contributed by atoms with Gasteiger partial charge in [-0.3, -0.25) is 0 Å². The molecule has 0 spiro atoms. The highest BCUT2D eigenvalue weighted by Gasteiger charge is 2.24. The molecule has 0 aliphatic carbocycles. The van der Waals surface area contributed by atoms with Crippen molar-refractivity contribution in [1.82, 2.24) is 5.16 Å². The van der Waals surface area contributed by atoms with Crippen LogP contribution < -0.4 is 4.74 Å². The van der Waals surface area contributed by atoms with Gasteiger partial charge in [0.05, 0.1) is 21.2 Å². The van der Waals surface area contributed by atoms with Gasteiger partial charge >= 0.3 is 5.97 Å². The molecule has 2 aromatic heterocycles. The molecule has 36 heavy (non-hydrogen) atoms. The van der Waals surface area contributed by atoms with Crippen LogP contribution in [0, 0.1) is 0 Å². The Kier molecular flexibility index (Phi) is 6.75. The van der Waals surface area contributed by atoms with Gasteiger partial charge in [0.25, 0.3) is 0 Å². The van der Waals surface area contributed by atoms with Gasteiger partial charge in [-0.25, -0.2) is 4.79 Å². The third-order valence-electron chi connectivity index (χ3n) is 5.81. The molecular formula is C28H21Cl2NO4S. The largest absolute Gasteiger partial charge is 0.489 e. The first-order chi connectivity index (χ1) is 17.3. The lowest BCUT2D eigenvalue weighted by Crippen LogP contribution is -2.01. The van der Waals surface area contributed by atoms with E-state index in [0.29, 0.717) is 27.1 Å². The lowest BCUT2D eigenvalue weighted by molar-refractivity contribution is 0.0697. The monoisotopic (exact) mass is 537 g/mol. The number of nitrogens with zero attached hydrogens (tertiary/aromatic N) is 1. The van der Waals surface area contributed by atoms with E-state index in [9.17, 15) is 9.90 Å². The minimum absolute atomic E-state index is 0.0926. The van der Waals surface area contributed by atoms with E-state index in [1.54, 1.807) is 47.7 Å². The fourth-order valence-corrected chi connectivity index (χ4v) is 5.70. The number of benzene rings is 3. The second-order valence-electron chi connectivity index (χ2n) is 8.61. The molecule has 5 aromatic rings. The Morgan fingerprint density at radius 1 is 1.06 bits per heavy atom. The zero-order valence-electron chi connectivity index (χ0n) is 19.4. The third kappa shape index (κ3) is 4.72. The summed E-state index contributed by atoms with van der Waals surface area (Å²) in [4.78, 5) is 12.3. The normalized spacial score (nSPS) is 11.4. The van der Waals surface area contributed by atoms with Crippen LogP contribution >= 0.6 is 34.5 Å². The molecule has 0 saturated heterocycles. The fraction of sp³-hybridized carbons (Fsp3) is 0.143. The number of carboxylic acid groups (broad SMARTS) is 1. The number of rotatable bonds is 7. The van der Waals surface area contributed by atoms with Gasteiger partial charge in [-0.2, -0.15) is 0 Å². The molecule has 0 aliphatic heterocycles. The van der Waals surface area contributed by atoms with Crippen LogP contribution in [0.3, 0.4) is 0 Å². The Morgan fingerprint density at radius 3 is 2.53 bits per heavy atom. The van der Waals surface area contributed by atoms with Gasteiger partial charge in [-0.05, 0) is 59.5 Å². The summed E-state index contributed by atoms with van der Waals surface area (Å²) in [6.07, 6.45) is 0. The van der Waals surface area contributed by atoms with Crippen LogP contribution in [0.2, 0.25) is 10.0 Å². The molecule has 0 radical (unpaired) electrons. The summed E-state index contributed by atoms with van der Waals surface area (Å²) in [5.74, 6) is 0.566. The fourth-order valence-electron chi connectivity index (χ4n) is 4.04. The number of ether oxygens (including phenoxy) is 1. The van der Waals surface area contributed by atoms with Crippen LogP contribution in [0.1, 0.15) is 41.4 Å². The Hall–Kier alpha value is -3.32. The maximum atomic E-state index is 11.3. The topological polar surface area (TPSA) is 72.6 Å². The van der Waals surface area contributed by atoms with Crippen LogP contribution in [0.4, 0.5) is 0 Å². The highest BCUT2D eigenvalue weighted by molar-refractivity contribution is 7.22. The van der Waals surface area contributed by atoms with E-state index in [0.717, 1.165) is 31.9 Å². The predicted octanol–water partition coefficient (Wildman–Crippen LogP) is 8.93. The van der Waals surface area contributed by atoms with Crippen molar-refractivity contribution in [3.8, 4) is 27.4 Å². The Balaban J connectivity index is 1.45. The molecule has 0 aliphatic rings. The number of thiophene rings is 1. The lowest BCUT2D eigenvalue weighted by Gasteiger charge is -2.11. The molecule has 0 saturated carbocycles. The molecule has 182 valence electrons. The van der Waals surface area contributed by atoms with E-state index in [-0.39, 0.29) is 18.1 Å². The Bertz CT molecular complexity index is 1570. The van der Waals surface area contributed by atoms with Gasteiger partial charge in [-0.15, -0.1) is 11.3 Å². The van der Waals surface area contributed by atoms with Crippen molar-refractivity contribution < 1.29 is 19.2 Å². The highest BCUT2D eigenvalue weighted by Crippen LogP contribution is 2.40. The first kappa shape index (κ1) is 24.4. The number of fused-ring (bicyclic) bond motifs is 1. The summed E-state index contributed by atoms with van der Waals surface area (Å²) in [7, 11) is 0. The summed E-state index contributed by atoms with van der Waals surface area (Å²) < 4.78 is 12.9. The minimum atomic E-state index is -0.944. The second-order valence-corrected chi connectivity index (χ2v) is 10.5. The molecule has 5 nitrogen and oxygen atoms in total. The predicted molar refractivity (Wildman–Crippen MR) is 145 cm³/mol. The van der Waals surface area contributed by atoms with E-state index in [1.807, 2.05) is 38.1 Å². The van der Waals surface area contributed by atoms with Gasteiger partial charge < -0.3 is 14.4 Å². The number of carbonyl (C=O) groups is 1. The number of carboxylic acids is 1. The summed E-state index contributed by atoms with van der Waals surface area (Å²) in [6.45, 7) is 4.29. The van der Waals surface area contributed by atoms with Crippen molar-refractivity contribution in [3.63, 3.8) is 0 Å². The molecule has 2 heterocycles. The maximum absolute atomic E-state index is 11.3. The van der Waals surface area contributed by atoms with Crippen molar-refractivity contribution in [2.24, 2.45) is 0 Å². The van der Waals surface area contributed by atoms with Crippen LogP contribution in [0.25, 0.3) is 31.8 Å². The van der Waals surface area contributed by atoms with Gasteiger partial charge in [0.15, 0.2) is 0 Å².